The van der Waals surface area contributed by atoms with Gasteiger partial charge in [0.1, 0.15) is 24.3 Å². The number of nitrogens with one attached hydrogen (secondary N) is 2. The first-order valence-corrected chi connectivity index (χ1v) is 12.2. The average Bonchev–Trinajstić information content (AvgIpc) is 2.86. The molecule has 0 saturated carbocycles. The van der Waals surface area contributed by atoms with Gasteiger partial charge in [-0.2, -0.15) is 0 Å². The summed E-state index contributed by atoms with van der Waals surface area (Å²) < 4.78 is 26.0. The Bertz CT molecular complexity index is 1140. The number of fused-ring (bicyclic) bond motifs is 2. The molecule has 0 aliphatic carbocycles. The SMILES string of the molecule is CC(C)C(=O)Nc1ccc2c(c1)C(=O)N(C)[C@H]1CC[C@H](CC(=O)NCc3ccccc3F)O[C@@H]1CO2. The molecule has 2 aromatic carbocycles. The van der Waals surface area contributed by atoms with Crippen molar-refractivity contribution < 1.29 is 28.2 Å². The van der Waals surface area contributed by atoms with Gasteiger partial charge >= 0.3 is 0 Å². The molecule has 0 aromatic heterocycles. The molecule has 2 aromatic rings. The van der Waals surface area contributed by atoms with Gasteiger partial charge < -0.3 is 25.0 Å². The van der Waals surface area contributed by atoms with E-state index >= 15 is 0 Å². The number of halogens is 1. The Morgan fingerprint density at radius 2 is 1.94 bits per heavy atom. The summed E-state index contributed by atoms with van der Waals surface area (Å²) in [5.74, 6) is -0.697. The summed E-state index contributed by atoms with van der Waals surface area (Å²) in [6, 6.07) is 11.1. The summed E-state index contributed by atoms with van der Waals surface area (Å²) in [7, 11) is 1.74. The van der Waals surface area contributed by atoms with Crippen LogP contribution in [0.4, 0.5) is 10.1 Å². The number of likely N-dealkylation sites (N-methyl/N-ethyl adjacent to an activating group) is 1. The van der Waals surface area contributed by atoms with Gasteiger partial charge in [-0.25, -0.2) is 4.39 Å². The lowest BCUT2D eigenvalue weighted by atomic mass is 9.94. The maximum atomic E-state index is 13.8. The maximum Gasteiger partial charge on any atom is 0.257 e. The zero-order chi connectivity index (χ0) is 25.8. The van der Waals surface area contributed by atoms with Crippen LogP contribution in [-0.2, 0) is 20.9 Å². The van der Waals surface area contributed by atoms with Gasteiger partial charge in [-0.3, -0.25) is 14.4 Å². The minimum Gasteiger partial charge on any atom is -0.490 e. The fourth-order valence-electron chi connectivity index (χ4n) is 4.51. The summed E-state index contributed by atoms with van der Waals surface area (Å²) in [5, 5.41) is 5.57. The summed E-state index contributed by atoms with van der Waals surface area (Å²) in [5.41, 5.74) is 1.35. The number of hydrogen-bond acceptors (Lipinski definition) is 5. The molecule has 2 aliphatic heterocycles. The van der Waals surface area contributed by atoms with Crippen molar-refractivity contribution in [3.63, 3.8) is 0 Å². The molecule has 0 spiro atoms. The number of anilines is 1. The van der Waals surface area contributed by atoms with E-state index in [0.717, 1.165) is 0 Å². The number of rotatable bonds is 6. The van der Waals surface area contributed by atoms with Gasteiger partial charge in [0.05, 0.1) is 24.1 Å². The Balaban J connectivity index is 1.39. The number of ether oxygens (including phenoxy) is 2. The van der Waals surface area contributed by atoms with E-state index in [0.29, 0.717) is 35.4 Å². The molecule has 0 bridgehead atoms. The lowest BCUT2D eigenvalue weighted by molar-refractivity contribution is -0.134. The molecule has 36 heavy (non-hydrogen) atoms. The predicted octanol–water partition coefficient (Wildman–Crippen LogP) is 3.51. The Morgan fingerprint density at radius 3 is 2.69 bits per heavy atom. The highest BCUT2D eigenvalue weighted by atomic mass is 19.1. The zero-order valence-corrected chi connectivity index (χ0v) is 20.8. The molecule has 0 radical (unpaired) electrons. The molecule has 2 heterocycles. The first-order valence-electron chi connectivity index (χ1n) is 12.2. The first-order chi connectivity index (χ1) is 17.2. The van der Waals surface area contributed by atoms with Crippen LogP contribution in [-0.4, -0.2) is 54.5 Å². The van der Waals surface area contributed by atoms with Crippen LogP contribution < -0.4 is 15.4 Å². The van der Waals surface area contributed by atoms with Crippen molar-refractivity contribution in [1.29, 1.82) is 0 Å². The Morgan fingerprint density at radius 1 is 1.17 bits per heavy atom. The summed E-state index contributed by atoms with van der Waals surface area (Å²) in [4.78, 5) is 39.5. The largest absolute Gasteiger partial charge is 0.490 e. The Kier molecular flexibility index (Phi) is 7.88. The van der Waals surface area contributed by atoms with E-state index in [1.54, 1.807) is 62.2 Å². The van der Waals surface area contributed by atoms with Crippen LogP contribution in [0.5, 0.6) is 5.75 Å². The summed E-state index contributed by atoms with van der Waals surface area (Å²) in [6.45, 7) is 3.93. The monoisotopic (exact) mass is 497 g/mol. The molecule has 4 rings (SSSR count). The van der Waals surface area contributed by atoms with Gasteiger partial charge in [0.25, 0.3) is 5.91 Å². The Hall–Kier alpha value is -3.46. The molecule has 3 atom stereocenters. The third-order valence-corrected chi connectivity index (χ3v) is 6.65. The van der Waals surface area contributed by atoms with Gasteiger partial charge in [0.15, 0.2) is 0 Å². The molecule has 2 aliphatic rings. The summed E-state index contributed by atoms with van der Waals surface area (Å²) in [6.07, 6.45) is 0.673. The quantitative estimate of drug-likeness (QED) is 0.637. The highest BCUT2D eigenvalue weighted by Gasteiger charge is 2.39. The molecule has 1 fully saturated rings. The van der Waals surface area contributed by atoms with Crippen molar-refractivity contribution in [2.24, 2.45) is 5.92 Å². The van der Waals surface area contributed by atoms with Gasteiger partial charge in [-0.05, 0) is 37.1 Å². The average molecular weight is 498 g/mol. The normalized spacial score (nSPS) is 21.5. The van der Waals surface area contributed by atoms with Crippen molar-refractivity contribution in [1.82, 2.24) is 10.2 Å². The van der Waals surface area contributed by atoms with E-state index in [1.807, 2.05) is 0 Å². The highest BCUT2D eigenvalue weighted by molar-refractivity contribution is 6.00. The van der Waals surface area contributed by atoms with E-state index in [1.165, 1.54) is 6.07 Å². The van der Waals surface area contributed by atoms with E-state index in [9.17, 15) is 18.8 Å². The molecule has 192 valence electrons. The molecule has 8 nitrogen and oxygen atoms in total. The highest BCUT2D eigenvalue weighted by Crippen LogP contribution is 2.32. The second-order valence-corrected chi connectivity index (χ2v) is 9.60. The fraction of sp³-hybridized carbons (Fsp3) is 0.444. The van der Waals surface area contributed by atoms with Crippen LogP contribution >= 0.6 is 0 Å². The predicted molar refractivity (Wildman–Crippen MR) is 132 cm³/mol. The van der Waals surface area contributed by atoms with Crippen LogP contribution in [0.1, 0.15) is 49.0 Å². The van der Waals surface area contributed by atoms with Crippen LogP contribution in [0.3, 0.4) is 0 Å². The van der Waals surface area contributed by atoms with Crippen molar-refractivity contribution in [3.8, 4) is 5.75 Å². The van der Waals surface area contributed by atoms with Crippen LogP contribution in [0, 0.1) is 11.7 Å². The third-order valence-electron chi connectivity index (χ3n) is 6.65. The second-order valence-electron chi connectivity index (χ2n) is 9.60. The molecular formula is C27H32FN3O5. The molecular weight excluding hydrogens is 465 g/mol. The van der Waals surface area contributed by atoms with Crippen LogP contribution in [0.25, 0.3) is 0 Å². The lowest BCUT2D eigenvalue weighted by Crippen LogP contribution is -2.53. The van der Waals surface area contributed by atoms with Crippen molar-refractivity contribution in [2.45, 2.75) is 57.9 Å². The molecule has 0 unspecified atom stereocenters. The van der Waals surface area contributed by atoms with Crippen LogP contribution in [0.15, 0.2) is 42.5 Å². The van der Waals surface area contributed by atoms with Gasteiger partial charge in [-0.15, -0.1) is 0 Å². The number of carbonyl (C=O) groups is 3. The van der Waals surface area contributed by atoms with E-state index in [4.69, 9.17) is 9.47 Å². The van der Waals surface area contributed by atoms with Crippen molar-refractivity contribution in [2.75, 3.05) is 19.0 Å². The number of nitrogens with zero attached hydrogens (tertiary/aromatic N) is 1. The van der Waals surface area contributed by atoms with E-state index in [-0.39, 0.29) is 61.2 Å². The van der Waals surface area contributed by atoms with E-state index in [2.05, 4.69) is 10.6 Å². The Labute approximate surface area is 210 Å². The van der Waals surface area contributed by atoms with E-state index < -0.39 is 6.10 Å². The molecule has 2 N–H and O–H groups in total. The maximum absolute atomic E-state index is 13.8. The minimum absolute atomic E-state index is 0.112. The third kappa shape index (κ3) is 5.84. The molecule has 1 saturated heterocycles. The number of amides is 3. The number of benzene rings is 2. The number of hydrogen-bond donors (Lipinski definition) is 2. The van der Waals surface area contributed by atoms with Gasteiger partial charge in [0.2, 0.25) is 11.8 Å². The fourth-order valence-corrected chi connectivity index (χ4v) is 4.51. The molecule has 3 amide bonds. The van der Waals surface area contributed by atoms with Crippen molar-refractivity contribution >= 4 is 23.4 Å². The standard InChI is InChI=1S/C27H32FN3O5/c1-16(2)26(33)30-18-8-11-23-20(12-18)27(34)31(3)22-10-9-19(36-24(22)15-35-23)13-25(32)29-14-17-6-4-5-7-21(17)28/h4-8,11-12,16,19,22,24H,9-10,13-15H2,1-3H3,(H,29,32)(H,30,33)/t19-,22+,24-/m1/s1. The topological polar surface area (TPSA) is 97.0 Å². The smallest absolute Gasteiger partial charge is 0.257 e. The van der Waals surface area contributed by atoms with Crippen molar-refractivity contribution in [3.05, 3.63) is 59.4 Å². The minimum atomic E-state index is -0.398. The number of carbonyl (C=O) groups excluding carboxylic acids is 3. The summed E-state index contributed by atoms with van der Waals surface area (Å²) >= 11 is 0. The van der Waals surface area contributed by atoms with Gasteiger partial charge in [0, 0.05) is 30.8 Å². The zero-order valence-electron chi connectivity index (χ0n) is 20.8. The van der Waals surface area contributed by atoms with Crippen LogP contribution in [0.2, 0.25) is 0 Å². The second kappa shape index (κ2) is 11.1. The van der Waals surface area contributed by atoms with Gasteiger partial charge in [-0.1, -0.05) is 32.0 Å². The lowest BCUT2D eigenvalue weighted by Gasteiger charge is -2.42. The molecule has 9 heteroatoms. The first kappa shape index (κ1) is 25.6.